The molecule has 2 aromatic carbocycles. The minimum absolute atomic E-state index is 0.0451. The number of carbonyl (C=O) groups excluding carboxylic acids is 1. The molecule has 3 N–H and O–H groups in total. The molecule has 0 bridgehead atoms. The van der Waals surface area contributed by atoms with Gasteiger partial charge in [0.15, 0.2) is 6.04 Å². The molecule has 3 aromatic rings. The summed E-state index contributed by atoms with van der Waals surface area (Å²) in [5.74, 6) is 0.621. The van der Waals surface area contributed by atoms with Crippen molar-refractivity contribution in [1.29, 1.82) is 0 Å². The van der Waals surface area contributed by atoms with E-state index in [-0.39, 0.29) is 11.9 Å². The Bertz CT molecular complexity index is 863. The van der Waals surface area contributed by atoms with Crippen molar-refractivity contribution in [3.8, 4) is 5.75 Å². The number of rotatable bonds is 8. The minimum Gasteiger partial charge on any atom is -0.495 e. The fourth-order valence-corrected chi connectivity index (χ4v) is 3.76. The van der Waals surface area contributed by atoms with Crippen molar-refractivity contribution >= 4 is 22.9 Å². The van der Waals surface area contributed by atoms with E-state index in [1.54, 1.807) is 18.4 Å². The second kappa shape index (κ2) is 9.35. The number of ether oxygens (including phenoxy) is 1. The zero-order valence-corrected chi connectivity index (χ0v) is 16.5. The molecule has 4 nitrogen and oxygen atoms in total. The Balaban J connectivity index is 1.75. The van der Waals surface area contributed by atoms with E-state index in [2.05, 4.69) is 28.1 Å². The summed E-state index contributed by atoms with van der Waals surface area (Å²) in [6.45, 7) is 2.84. The van der Waals surface area contributed by atoms with E-state index in [0.29, 0.717) is 11.4 Å². The van der Waals surface area contributed by atoms with E-state index in [4.69, 9.17) is 4.74 Å². The maximum absolute atomic E-state index is 13.1. The molecule has 1 amide bonds. The SMILES string of the molecule is COc1ccc(C)cc1NC(=O)[C@H]([NH2+]CCc1cccs1)c1ccccc1. The molecule has 0 saturated heterocycles. The molecule has 0 aliphatic heterocycles. The van der Waals surface area contributed by atoms with Crippen LogP contribution in [0.3, 0.4) is 0 Å². The Labute approximate surface area is 164 Å². The smallest absolute Gasteiger partial charge is 0.287 e. The molecule has 140 valence electrons. The highest BCUT2D eigenvalue weighted by atomic mass is 32.1. The van der Waals surface area contributed by atoms with E-state index in [1.165, 1.54) is 4.88 Å². The molecule has 0 spiro atoms. The average Bonchev–Trinajstić information content (AvgIpc) is 3.19. The molecule has 0 saturated carbocycles. The fourth-order valence-electron chi connectivity index (χ4n) is 3.03. The Morgan fingerprint density at radius 3 is 2.67 bits per heavy atom. The molecule has 0 unspecified atom stereocenters. The van der Waals surface area contributed by atoms with Crippen molar-refractivity contribution in [2.24, 2.45) is 0 Å². The van der Waals surface area contributed by atoms with Gasteiger partial charge >= 0.3 is 0 Å². The lowest BCUT2D eigenvalue weighted by atomic mass is 10.1. The summed E-state index contributed by atoms with van der Waals surface area (Å²) in [6, 6.07) is 19.6. The number of hydrogen-bond donors (Lipinski definition) is 2. The second-order valence-electron chi connectivity index (χ2n) is 6.44. The van der Waals surface area contributed by atoms with Gasteiger partial charge in [0, 0.05) is 16.9 Å². The first-order valence-corrected chi connectivity index (χ1v) is 9.91. The van der Waals surface area contributed by atoms with Crippen molar-refractivity contribution in [3.63, 3.8) is 0 Å². The van der Waals surface area contributed by atoms with Gasteiger partial charge in [-0.3, -0.25) is 4.79 Å². The summed E-state index contributed by atoms with van der Waals surface area (Å²) < 4.78 is 5.39. The van der Waals surface area contributed by atoms with Gasteiger partial charge in [0.25, 0.3) is 5.91 Å². The predicted molar refractivity (Wildman–Crippen MR) is 110 cm³/mol. The van der Waals surface area contributed by atoms with Gasteiger partial charge in [-0.1, -0.05) is 42.5 Å². The van der Waals surface area contributed by atoms with Gasteiger partial charge in [0.1, 0.15) is 5.75 Å². The molecule has 0 aliphatic carbocycles. The topological polar surface area (TPSA) is 54.9 Å². The van der Waals surface area contributed by atoms with Crippen LogP contribution in [-0.2, 0) is 11.2 Å². The lowest BCUT2D eigenvalue weighted by Crippen LogP contribution is -2.87. The van der Waals surface area contributed by atoms with Crippen LogP contribution in [0.2, 0.25) is 0 Å². The van der Waals surface area contributed by atoms with Crippen molar-refractivity contribution in [1.82, 2.24) is 0 Å². The first kappa shape index (κ1) is 19.1. The zero-order chi connectivity index (χ0) is 19.1. The molecule has 0 fully saturated rings. The van der Waals surface area contributed by atoms with E-state index in [1.807, 2.05) is 55.5 Å². The molecule has 1 aromatic heterocycles. The van der Waals surface area contributed by atoms with Crippen molar-refractivity contribution in [2.75, 3.05) is 19.0 Å². The van der Waals surface area contributed by atoms with Crippen LogP contribution in [0.1, 0.15) is 22.0 Å². The summed E-state index contributed by atoms with van der Waals surface area (Å²) in [7, 11) is 1.61. The maximum Gasteiger partial charge on any atom is 0.287 e. The number of methoxy groups -OCH3 is 1. The summed E-state index contributed by atoms with van der Waals surface area (Å²) >= 11 is 1.75. The number of nitrogens with two attached hydrogens (primary N) is 1. The molecular weight excluding hydrogens is 356 g/mol. The number of aryl methyl sites for hydroxylation is 1. The van der Waals surface area contributed by atoms with Crippen LogP contribution in [0.5, 0.6) is 5.75 Å². The Hall–Kier alpha value is -2.63. The molecule has 1 heterocycles. The van der Waals surface area contributed by atoms with E-state index < -0.39 is 0 Å². The molecule has 5 heteroatoms. The lowest BCUT2D eigenvalue weighted by molar-refractivity contribution is -0.682. The Morgan fingerprint density at radius 1 is 1.15 bits per heavy atom. The van der Waals surface area contributed by atoms with Crippen LogP contribution in [0, 0.1) is 6.92 Å². The molecular formula is C22H25N2O2S+. The highest BCUT2D eigenvalue weighted by molar-refractivity contribution is 7.09. The largest absolute Gasteiger partial charge is 0.495 e. The van der Waals surface area contributed by atoms with E-state index in [9.17, 15) is 4.79 Å². The van der Waals surface area contributed by atoms with Gasteiger partial charge in [0.05, 0.1) is 19.3 Å². The van der Waals surface area contributed by atoms with Crippen molar-refractivity contribution in [2.45, 2.75) is 19.4 Å². The number of carbonyl (C=O) groups is 1. The molecule has 1 atom stereocenters. The van der Waals surface area contributed by atoms with Crippen LogP contribution < -0.4 is 15.4 Å². The zero-order valence-electron chi connectivity index (χ0n) is 15.6. The molecule has 0 radical (unpaired) electrons. The van der Waals surface area contributed by atoms with Crippen LogP contribution in [0.25, 0.3) is 0 Å². The van der Waals surface area contributed by atoms with Gasteiger partial charge in [-0.05, 0) is 36.1 Å². The number of thiophene rings is 1. The van der Waals surface area contributed by atoms with Gasteiger partial charge in [-0.25, -0.2) is 0 Å². The van der Waals surface area contributed by atoms with Crippen LogP contribution in [0.4, 0.5) is 5.69 Å². The second-order valence-corrected chi connectivity index (χ2v) is 7.47. The van der Waals surface area contributed by atoms with Gasteiger partial charge < -0.3 is 15.4 Å². The minimum atomic E-state index is -0.309. The summed E-state index contributed by atoms with van der Waals surface area (Å²) in [5, 5.41) is 7.24. The normalized spacial score (nSPS) is 11.8. The standard InChI is InChI=1S/C22H24N2O2S/c1-16-10-11-20(26-2)19(15-16)24-22(25)21(17-7-4-3-5-8-17)23-13-12-18-9-6-14-27-18/h3-11,14-15,21,23H,12-13H2,1-2H3,(H,24,25)/p+1/t21-/m1/s1. The first-order chi connectivity index (χ1) is 13.2. The third-order valence-corrected chi connectivity index (χ3v) is 5.36. The van der Waals surface area contributed by atoms with Crippen LogP contribution in [0.15, 0.2) is 66.0 Å². The predicted octanol–water partition coefficient (Wildman–Crippen LogP) is 3.55. The first-order valence-electron chi connectivity index (χ1n) is 9.03. The number of amides is 1. The summed E-state index contributed by atoms with van der Waals surface area (Å²) in [4.78, 5) is 14.4. The Kier molecular flexibility index (Phi) is 6.63. The number of anilines is 1. The van der Waals surface area contributed by atoms with Gasteiger partial charge in [-0.15, -0.1) is 11.3 Å². The highest BCUT2D eigenvalue weighted by Gasteiger charge is 2.24. The van der Waals surface area contributed by atoms with Gasteiger partial charge in [-0.2, -0.15) is 0 Å². The number of nitrogens with one attached hydrogen (secondary N) is 1. The maximum atomic E-state index is 13.1. The number of hydrogen-bond acceptors (Lipinski definition) is 3. The van der Waals surface area contributed by atoms with Crippen molar-refractivity contribution < 1.29 is 14.8 Å². The third-order valence-electron chi connectivity index (χ3n) is 4.43. The van der Waals surface area contributed by atoms with Crippen molar-refractivity contribution in [3.05, 3.63) is 82.0 Å². The number of benzene rings is 2. The summed E-state index contributed by atoms with van der Waals surface area (Å²) in [5.41, 5.74) is 2.77. The average molecular weight is 382 g/mol. The van der Waals surface area contributed by atoms with Crippen LogP contribution >= 0.6 is 11.3 Å². The Morgan fingerprint density at radius 2 is 1.96 bits per heavy atom. The molecule has 3 rings (SSSR count). The highest BCUT2D eigenvalue weighted by Crippen LogP contribution is 2.26. The fraction of sp³-hybridized carbons (Fsp3) is 0.227. The van der Waals surface area contributed by atoms with Crippen LogP contribution in [-0.4, -0.2) is 19.6 Å². The number of quaternary nitrogens is 1. The lowest BCUT2D eigenvalue weighted by Gasteiger charge is -2.17. The quantitative estimate of drug-likeness (QED) is 0.627. The summed E-state index contributed by atoms with van der Waals surface area (Å²) in [6.07, 6.45) is 0.946. The monoisotopic (exact) mass is 381 g/mol. The van der Waals surface area contributed by atoms with E-state index in [0.717, 1.165) is 24.1 Å². The van der Waals surface area contributed by atoms with Gasteiger partial charge in [0.2, 0.25) is 0 Å². The third kappa shape index (κ3) is 5.18. The molecule has 0 aliphatic rings. The van der Waals surface area contributed by atoms with E-state index >= 15 is 0 Å². The molecule has 27 heavy (non-hydrogen) atoms.